The number of benzene rings is 3. The number of hydrogen-bond acceptors (Lipinski definition) is 11. The summed E-state index contributed by atoms with van der Waals surface area (Å²) >= 11 is 0. The number of aromatic nitrogens is 2. The summed E-state index contributed by atoms with van der Waals surface area (Å²) in [6.45, 7) is 7.69. The lowest BCUT2D eigenvalue weighted by Crippen LogP contribution is -2.36. The quantitative estimate of drug-likeness (QED) is 0.0443. The molecule has 5 aromatic rings. The van der Waals surface area contributed by atoms with Crippen LogP contribution in [0.3, 0.4) is 0 Å². The van der Waals surface area contributed by atoms with Crippen molar-refractivity contribution < 1.29 is 32.8 Å². The van der Waals surface area contributed by atoms with E-state index in [1.807, 2.05) is 111 Å². The van der Waals surface area contributed by atoms with Crippen LogP contribution < -0.4 is 20.1 Å². The average molecular weight is 805 g/mol. The number of methoxy groups -OCH3 is 2. The maximum absolute atomic E-state index is 13.7. The molecule has 2 heterocycles. The first-order chi connectivity index (χ1) is 28.1. The number of ether oxygens (including phenoxy) is 3. The van der Waals surface area contributed by atoms with Gasteiger partial charge in [0.05, 0.1) is 44.7 Å². The Morgan fingerprint density at radius 1 is 0.672 bits per heavy atom. The molecule has 302 valence electrons. The molecule has 0 fully saturated rings. The Labute approximate surface area is 341 Å². The van der Waals surface area contributed by atoms with Crippen molar-refractivity contribution >= 4 is 32.0 Å². The average Bonchev–Trinajstić information content (AvgIpc) is 3.23. The zero-order valence-electron chi connectivity index (χ0n) is 33.5. The van der Waals surface area contributed by atoms with Crippen molar-refractivity contribution in [1.29, 1.82) is 5.26 Å². The molecule has 0 aliphatic rings. The highest BCUT2D eigenvalue weighted by atomic mass is 31.2. The summed E-state index contributed by atoms with van der Waals surface area (Å²) in [7, 11) is 1.63. The van der Waals surface area contributed by atoms with Gasteiger partial charge in [0.25, 0.3) is 20.3 Å². The topological polar surface area (TPSA) is 157 Å². The first kappa shape index (κ1) is 43.4. The van der Waals surface area contributed by atoms with E-state index in [0.29, 0.717) is 34.5 Å². The van der Waals surface area contributed by atoms with Crippen molar-refractivity contribution in [3.8, 4) is 29.0 Å². The smallest absolute Gasteiger partial charge is 0.259 e. The second-order valence-electron chi connectivity index (χ2n) is 13.5. The van der Waals surface area contributed by atoms with Gasteiger partial charge in [-0.2, -0.15) is 5.26 Å². The van der Waals surface area contributed by atoms with E-state index < -0.39 is 25.9 Å². The van der Waals surface area contributed by atoms with E-state index in [-0.39, 0.29) is 38.3 Å². The standard InChI is InChI=1S/C44H49N6O7P/c1-31(2)50(32(3)4)58(56-28-12-27-45)57-30-43(52)49-41-18-11-16-39(47-41)38-15-10-17-40(46-38)48-42(51)29-55-44(33-13-8-7-9-14-33,34-19-23-36(53-5)24-20-34)35-21-25-37(54-6)26-22-35/h7-11,13-26,31-32H,12,28-30H2,1-6H3,(H,46,48,51)(H,47,49,52). The number of nitrogens with zero attached hydrogens (tertiary/aromatic N) is 4. The lowest BCUT2D eigenvalue weighted by Gasteiger charge is -2.35. The largest absolute Gasteiger partial charge is 0.497 e. The Morgan fingerprint density at radius 3 is 1.62 bits per heavy atom. The van der Waals surface area contributed by atoms with Crippen molar-refractivity contribution in [1.82, 2.24) is 14.6 Å². The van der Waals surface area contributed by atoms with Crippen LogP contribution in [0.5, 0.6) is 11.5 Å². The lowest BCUT2D eigenvalue weighted by atomic mass is 9.80. The Morgan fingerprint density at radius 2 is 1.16 bits per heavy atom. The third-order valence-corrected chi connectivity index (χ3v) is 10.9. The third kappa shape index (κ3) is 11.2. The summed E-state index contributed by atoms with van der Waals surface area (Å²) in [5.41, 5.74) is 2.17. The molecule has 0 spiro atoms. The molecule has 0 aliphatic carbocycles. The SMILES string of the molecule is COc1ccc(C(OCC(=O)Nc2cccc(-c3cccc(NC(=O)COP(OCCC#N)N(C(C)C)C(C)C)n3)n2)(c2ccccc2)c2ccc(OC)cc2)cc1. The van der Waals surface area contributed by atoms with E-state index in [1.165, 1.54) is 0 Å². The van der Waals surface area contributed by atoms with E-state index >= 15 is 0 Å². The zero-order valence-corrected chi connectivity index (χ0v) is 34.4. The third-order valence-electron chi connectivity index (χ3n) is 8.86. The molecule has 3 aromatic carbocycles. The van der Waals surface area contributed by atoms with Crippen LogP contribution in [0.2, 0.25) is 0 Å². The van der Waals surface area contributed by atoms with Crippen molar-refractivity contribution in [3.05, 3.63) is 132 Å². The fraction of sp³-hybridized carbons (Fsp3) is 0.295. The van der Waals surface area contributed by atoms with E-state index in [4.69, 9.17) is 28.5 Å². The number of hydrogen-bond donors (Lipinski definition) is 2. The van der Waals surface area contributed by atoms with Crippen molar-refractivity contribution in [2.75, 3.05) is 44.7 Å². The highest BCUT2D eigenvalue weighted by Gasteiger charge is 2.38. The summed E-state index contributed by atoms with van der Waals surface area (Å²) in [6.07, 6.45) is 0.214. The predicted molar refractivity (Wildman–Crippen MR) is 224 cm³/mol. The molecule has 2 amide bonds. The van der Waals surface area contributed by atoms with Crippen LogP contribution in [0.15, 0.2) is 115 Å². The molecule has 0 aliphatic heterocycles. The number of pyridine rings is 2. The number of carbonyl (C=O) groups is 2. The molecule has 2 aromatic heterocycles. The Balaban J connectivity index is 1.31. The van der Waals surface area contributed by atoms with E-state index in [1.54, 1.807) is 50.6 Å². The van der Waals surface area contributed by atoms with Crippen LogP contribution >= 0.6 is 8.53 Å². The summed E-state index contributed by atoms with van der Waals surface area (Å²) in [5, 5.41) is 14.6. The second kappa shape index (κ2) is 21.1. The highest BCUT2D eigenvalue weighted by molar-refractivity contribution is 7.44. The molecular weight excluding hydrogens is 755 g/mol. The van der Waals surface area contributed by atoms with E-state index in [0.717, 1.165) is 16.7 Å². The van der Waals surface area contributed by atoms with Gasteiger partial charge in [-0.05, 0) is 92.9 Å². The molecule has 0 saturated heterocycles. The highest BCUT2D eigenvalue weighted by Crippen LogP contribution is 2.46. The first-order valence-corrected chi connectivity index (χ1v) is 19.9. The Bertz CT molecular complexity index is 2070. The molecule has 14 heteroatoms. The molecule has 1 atom stereocenters. The van der Waals surface area contributed by atoms with Crippen molar-refractivity contribution in [2.24, 2.45) is 0 Å². The molecule has 13 nitrogen and oxygen atoms in total. The summed E-state index contributed by atoms with van der Waals surface area (Å²) in [6, 6.07) is 37.5. The fourth-order valence-corrected chi connectivity index (χ4v) is 7.90. The number of nitrogens with one attached hydrogen (secondary N) is 2. The summed E-state index contributed by atoms with van der Waals surface area (Å²) in [5.74, 6) is 1.11. The van der Waals surface area contributed by atoms with Gasteiger partial charge in [0.1, 0.15) is 41.9 Å². The van der Waals surface area contributed by atoms with Crippen molar-refractivity contribution in [3.63, 3.8) is 0 Å². The number of nitriles is 1. The number of amides is 2. The van der Waals surface area contributed by atoms with Crippen molar-refractivity contribution in [2.45, 2.75) is 51.8 Å². The maximum Gasteiger partial charge on any atom is 0.259 e. The first-order valence-electron chi connectivity index (χ1n) is 18.8. The van der Waals surface area contributed by atoms with Gasteiger partial charge >= 0.3 is 0 Å². The summed E-state index contributed by atoms with van der Waals surface area (Å²) < 4.78 is 31.5. The van der Waals surface area contributed by atoms with E-state index in [9.17, 15) is 9.59 Å². The van der Waals surface area contributed by atoms with Crippen LogP contribution in [0.4, 0.5) is 11.6 Å². The van der Waals surface area contributed by atoms with Crippen LogP contribution in [0.25, 0.3) is 11.4 Å². The summed E-state index contributed by atoms with van der Waals surface area (Å²) in [4.78, 5) is 35.9. The normalized spacial score (nSPS) is 11.9. The molecule has 58 heavy (non-hydrogen) atoms. The number of rotatable bonds is 20. The van der Waals surface area contributed by atoms with Crippen LogP contribution in [0.1, 0.15) is 50.8 Å². The minimum atomic E-state index is -1.59. The van der Waals surface area contributed by atoms with Crippen LogP contribution in [-0.4, -0.2) is 72.6 Å². The number of carbonyl (C=O) groups excluding carboxylic acids is 2. The molecule has 0 radical (unpaired) electrons. The zero-order chi connectivity index (χ0) is 41.5. The fourth-order valence-electron chi connectivity index (χ4n) is 6.33. The minimum absolute atomic E-state index is 0.0942. The van der Waals surface area contributed by atoms with Crippen LogP contribution in [0, 0.1) is 11.3 Å². The Kier molecular flexibility index (Phi) is 15.8. The predicted octanol–water partition coefficient (Wildman–Crippen LogP) is 8.34. The van der Waals surface area contributed by atoms with Gasteiger partial charge < -0.3 is 33.9 Å². The van der Waals surface area contributed by atoms with Gasteiger partial charge in [0.15, 0.2) is 0 Å². The molecule has 1 unspecified atom stereocenters. The maximum atomic E-state index is 13.7. The lowest BCUT2D eigenvalue weighted by molar-refractivity contribution is -0.124. The van der Waals surface area contributed by atoms with Gasteiger partial charge in [-0.15, -0.1) is 0 Å². The number of anilines is 2. The van der Waals surface area contributed by atoms with Gasteiger partial charge in [0, 0.05) is 12.1 Å². The van der Waals surface area contributed by atoms with Gasteiger partial charge in [0.2, 0.25) is 0 Å². The van der Waals surface area contributed by atoms with Gasteiger partial charge in [-0.25, -0.2) is 14.6 Å². The molecule has 5 rings (SSSR count). The van der Waals surface area contributed by atoms with Gasteiger partial charge in [-0.1, -0.05) is 66.7 Å². The van der Waals surface area contributed by atoms with Gasteiger partial charge in [-0.3, -0.25) is 9.59 Å². The minimum Gasteiger partial charge on any atom is -0.497 e. The monoisotopic (exact) mass is 804 g/mol. The second-order valence-corrected chi connectivity index (χ2v) is 15.0. The molecule has 0 saturated carbocycles. The Hall–Kier alpha value is -5.74. The molecular formula is C44H49N6O7P. The van der Waals surface area contributed by atoms with E-state index in [2.05, 4.69) is 26.7 Å². The van der Waals surface area contributed by atoms with Crippen LogP contribution in [-0.2, 0) is 29.0 Å². The molecule has 0 bridgehead atoms. The molecule has 2 N–H and O–H groups in total.